The Kier molecular flexibility index (Phi) is 3.78. The van der Waals surface area contributed by atoms with Crippen LogP contribution in [-0.4, -0.2) is 70.1 Å². The van der Waals surface area contributed by atoms with Crippen molar-refractivity contribution in [1.29, 1.82) is 0 Å². The zero-order valence-corrected chi connectivity index (χ0v) is 13.6. The molecule has 128 valence electrons. The largest absolute Gasteiger partial charge is 0.460 e. The molecule has 2 N–H and O–H groups in total. The maximum absolute atomic E-state index is 12.4. The molecule has 2 saturated heterocycles. The first-order chi connectivity index (χ1) is 10.7. The Balaban J connectivity index is 1.97. The van der Waals surface area contributed by atoms with Crippen LogP contribution in [-0.2, 0) is 19.1 Å². The van der Waals surface area contributed by atoms with Gasteiger partial charge in [0.05, 0.1) is 12.0 Å². The number of carbonyl (C=O) groups is 2. The molecule has 0 amide bonds. The van der Waals surface area contributed by atoms with Crippen molar-refractivity contribution in [2.75, 3.05) is 19.7 Å². The van der Waals surface area contributed by atoms with E-state index >= 15 is 0 Å². The van der Waals surface area contributed by atoms with E-state index < -0.39 is 29.1 Å². The van der Waals surface area contributed by atoms with Crippen LogP contribution in [0.5, 0.6) is 0 Å². The molecule has 3 heterocycles. The Morgan fingerprint density at radius 2 is 2.00 bits per heavy atom. The van der Waals surface area contributed by atoms with Gasteiger partial charge in [0.1, 0.15) is 18.3 Å². The summed E-state index contributed by atoms with van der Waals surface area (Å²) in [4.78, 5) is 26.9. The lowest BCUT2D eigenvalue weighted by Gasteiger charge is -2.39. The standard InChI is InChI=1S/C16H23NO6/c1-9-13(18)23-11-5-7-17-6-4-10(12(11)17)8-22-14(19)16(3,21)15(9,2)20/h4,9,11-12,20-21H,5-8H2,1-3H3/t9-,11+,12?,15+,16-/m1/s1. The van der Waals surface area contributed by atoms with Crippen molar-refractivity contribution >= 4 is 11.9 Å². The van der Waals surface area contributed by atoms with Crippen LogP contribution < -0.4 is 0 Å². The van der Waals surface area contributed by atoms with E-state index in [4.69, 9.17) is 9.47 Å². The fourth-order valence-electron chi connectivity index (χ4n) is 3.52. The average Bonchev–Trinajstić information content (AvgIpc) is 3.06. The van der Waals surface area contributed by atoms with Crippen molar-refractivity contribution in [3.63, 3.8) is 0 Å². The molecule has 0 aromatic carbocycles. The monoisotopic (exact) mass is 325 g/mol. The summed E-state index contributed by atoms with van der Waals surface area (Å²) in [6.45, 7) is 5.41. The van der Waals surface area contributed by atoms with Crippen molar-refractivity contribution < 1.29 is 29.3 Å². The van der Waals surface area contributed by atoms with E-state index in [1.165, 1.54) is 13.8 Å². The topological polar surface area (TPSA) is 96.3 Å². The molecule has 0 aliphatic carbocycles. The molecule has 1 unspecified atom stereocenters. The van der Waals surface area contributed by atoms with E-state index in [0.717, 1.165) is 25.6 Å². The number of nitrogens with zero attached hydrogens (tertiary/aromatic N) is 1. The Labute approximate surface area is 134 Å². The molecule has 2 fully saturated rings. The lowest BCUT2D eigenvalue weighted by atomic mass is 9.76. The van der Waals surface area contributed by atoms with E-state index in [2.05, 4.69) is 4.90 Å². The summed E-state index contributed by atoms with van der Waals surface area (Å²) in [5, 5.41) is 21.1. The number of hydrogen-bond acceptors (Lipinski definition) is 7. The van der Waals surface area contributed by atoms with Crippen LogP contribution in [0.25, 0.3) is 0 Å². The molecule has 7 heteroatoms. The Bertz CT molecular complexity index is 567. The normalized spacial score (nSPS) is 44.9. The maximum Gasteiger partial charge on any atom is 0.341 e. The van der Waals surface area contributed by atoms with E-state index in [1.807, 2.05) is 6.08 Å². The first-order valence-electron chi connectivity index (χ1n) is 7.91. The highest BCUT2D eigenvalue weighted by molar-refractivity contribution is 5.83. The fourth-order valence-corrected chi connectivity index (χ4v) is 3.52. The van der Waals surface area contributed by atoms with Crippen molar-refractivity contribution in [3.8, 4) is 0 Å². The van der Waals surface area contributed by atoms with E-state index in [-0.39, 0.29) is 18.8 Å². The highest BCUT2D eigenvalue weighted by Gasteiger charge is 2.56. The van der Waals surface area contributed by atoms with Gasteiger partial charge in [-0.3, -0.25) is 9.69 Å². The first kappa shape index (κ1) is 16.4. The molecule has 3 aliphatic heterocycles. The van der Waals surface area contributed by atoms with Crippen LogP contribution in [0.15, 0.2) is 11.6 Å². The third-order valence-electron chi connectivity index (χ3n) is 5.63. The van der Waals surface area contributed by atoms with E-state index in [0.29, 0.717) is 6.42 Å². The molecule has 0 bridgehead atoms. The highest BCUT2D eigenvalue weighted by atomic mass is 16.6. The van der Waals surface area contributed by atoms with Gasteiger partial charge in [-0.2, -0.15) is 0 Å². The minimum Gasteiger partial charge on any atom is -0.460 e. The molecule has 0 aromatic rings. The van der Waals surface area contributed by atoms with Crippen LogP contribution in [0.1, 0.15) is 27.2 Å². The lowest BCUT2D eigenvalue weighted by Crippen LogP contribution is -2.61. The fraction of sp³-hybridized carbons (Fsp3) is 0.750. The van der Waals surface area contributed by atoms with Gasteiger partial charge in [0.25, 0.3) is 0 Å². The number of hydrogen-bond donors (Lipinski definition) is 2. The van der Waals surface area contributed by atoms with Crippen LogP contribution in [0, 0.1) is 5.92 Å². The van der Waals surface area contributed by atoms with Gasteiger partial charge in [-0.1, -0.05) is 6.08 Å². The summed E-state index contributed by atoms with van der Waals surface area (Å²) in [5.74, 6) is -2.65. The second-order valence-corrected chi connectivity index (χ2v) is 7.00. The SMILES string of the molecule is C[C@@H]1C(=O)O[C@H]2CCN3CC=C(COC(=O)[C@@](C)(O)[C@@]1(C)O)C23. The molecule has 3 rings (SSSR count). The van der Waals surface area contributed by atoms with Gasteiger partial charge in [-0.05, 0) is 32.8 Å². The molecule has 23 heavy (non-hydrogen) atoms. The van der Waals surface area contributed by atoms with Crippen LogP contribution in [0.2, 0.25) is 0 Å². The molecule has 0 spiro atoms. The summed E-state index contributed by atoms with van der Waals surface area (Å²) in [5.41, 5.74) is -3.35. The van der Waals surface area contributed by atoms with E-state index in [9.17, 15) is 19.8 Å². The summed E-state index contributed by atoms with van der Waals surface area (Å²) in [6, 6.07) is -0.0908. The lowest BCUT2D eigenvalue weighted by molar-refractivity contribution is -0.205. The predicted octanol–water partition coefficient (Wildman–Crippen LogP) is -0.393. The number of esters is 2. The Morgan fingerprint density at radius 3 is 2.70 bits per heavy atom. The number of carbonyl (C=O) groups excluding carboxylic acids is 2. The van der Waals surface area contributed by atoms with Gasteiger partial charge in [0, 0.05) is 13.1 Å². The van der Waals surface area contributed by atoms with Gasteiger partial charge in [0.2, 0.25) is 0 Å². The average molecular weight is 325 g/mol. The van der Waals surface area contributed by atoms with Gasteiger partial charge >= 0.3 is 11.9 Å². The second kappa shape index (κ2) is 5.29. The molecular weight excluding hydrogens is 302 g/mol. The second-order valence-electron chi connectivity index (χ2n) is 7.00. The van der Waals surface area contributed by atoms with Gasteiger partial charge in [-0.15, -0.1) is 0 Å². The van der Waals surface area contributed by atoms with Crippen LogP contribution in [0.4, 0.5) is 0 Å². The van der Waals surface area contributed by atoms with Crippen molar-refractivity contribution in [3.05, 3.63) is 11.6 Å². The predicted molar refractivity (Wildman–Crippen MR) is 79.3 cm³/mol. The third-order valence-corrected chi connectivity index (χ3v) is 5.63. The van der Waals surface area contributed by atoms with Crippen molar-refractivity contribution in [2.24, 2.45) is 5.92 Å². The molecular formula is C16H23NO6. The number of cyclic esters (lactones) is 1. The molecule has 5 atom stereocenters. The molecule has 7 nitrogen and oxygen atoms in total. The molecule has 3 aliphatic rings. The summed E-state index contributed by atoms with van der Waals surface area (Å²) < 4.78 is 10.8. The zero-order valence-electron chi connectivity index (χ0n) is 13.6. The minimum absolute atomic E-state index is 0.0225. The van der Waals surface area contributed by atoms with Crippen molar-refractivity contribution in [1.82, 2.24) is 4.90 Å². The van der Waals surface area contributed by atoms with Crippen LogP contribution in [0.3, 0.4) is 0 Å². The van der Waals surface area contributed by atoms with Crippen LogP contribution >= 0.6 is 0 Å². The summed E-state index contributed by atoms with van der Waals surface area (Å²) >= 11 is 0. The van der Waals surface area contributed by atoms with Gasteiger partial charge < -0.3 is 19.7 Å². The minimum atomic E-state index is -2.22. The highest BCUT2D eigenvalue weighted by Crippen LogP contribution is 2.36. The first-order valence-corrected chi connectivity index (χ1v) is 7.91. The number of rotatable bonds is 0. The Morgan fingerprint density at radius 1 is 1.30 bits per heavy atom. The third kappa shape index (κ3) is 2.38. The summed E-state index contributed by atoms with van der Waals surface area (Å²) in [7, 11) is 0. The molecule has 0 saturated carbocycles. The quantitative estimate of drug-likeness (QED) is 0.462. The van der Waals surface area contributed by atoms with Gasteiger partial charge in [0.15, 0.2) is 5.60 Å². The number of ether oxygens (including phenoxy) is 2. The Hall–Kier alpha value is -1.44. The van der Waals surface area contributed by atoms with Gasteiger partial charge in [-0.25, -0.2) is 4.79 Å². The van der Waals surface area contributed by atoms with E-state index in [1.54, 1.807) is 0 Å². The molecule has 0 aromatic heterocycles. The summed E-state index contributed by atoms with van der Waals surface area (Å²) in [6.07, 6.45) is 2.34. The van der Waals surface area contributed by atoms with Crippen molar-refractivity contribution in [2.45, 2.75) is 50.5 Å². The number of aliphatic hydroxyl groups is 2. The molecule has 0 radical (unpaired) electrons. The smallest absolute Gasteiger partial charge is 0.341 e. The maximum atomic E-state index is 12.4. The zero-order chi connectivity index (χ0) is 17.0.